The van der Waals surface area contributed by atoms with Crippen LogP contribution in [0.25, 0.3) is 0 Å². The summed E-state index contributed by atoms with van der Waals surface area (Å²) >= 11 is 0. The molecule has 1 heterocycles. The zero-order chi connectivity index (χ0) is 14.7. The first-order valence-electron chi connectivity index (χ1n) is 8.53. The maximum atomic E-state index is 5.82. The van der Waals surface area contributed by atoms with Crippen LogP contribution in [0.15, 0.2) is 18.2 Å². The second-order valence-electron chi connectivity index (χ2n) is 6.23. The monoisotopic (exact) mass is 288 g/mol. The number of hydrogen-bond acceptors (Lipinski definition) is 3. The van der Waals surface area contributed by atoms with Gasteiger partial charge >= 0.3 is 0 Å². The van der Waals surface area contributed by atoms with Gasteiger partial charge in [0.05, 0.1) is 6.61 Å². The summed E-state index contributed by atoms with van der Waals surface area (Å²) in [4.78, 5) is 5.23. The van der Waals surface area contributed by atoms with E-state index in [0.29, 0.717) is 6.04 Å². The van der Waals surface area contributed by atoms with Crippen molar-refractivity contribution in [3.8, 4) is 5.75 Å². The van der Waals surface area contributed by atoms with E-state index in [-0.39, 0.29) is 0 Å². The molecule has 116 valence electrons. The number of fused-ring (bicyclic) bond motifs is 1. The molecule has 3 heteroatoms. The van der Waals surface area contributed by atoms with E-state index in [2.05, 4.69) is 41.8 Å². The highest BCUT2D eigenvalue weighted by Gasteiger charge is 2.30. The Morgan fingerprint density at radius 2 is 1.95 bits per heavy atom. The zero-order valence-electron chi connectivity index (χ0n) is 13.5. The summed E-state index contributed by atoms with van der Waals surface area (Å²) < 4.78 is 5.82. The highest BCUT2D eigenvalue weighted by Crippen LogP contribution is 2.38. The lowest BCUT2D eigenvalue weighted by Crippen LogP contribution is -2.47. The molecule has 1 unspecified atom stereocenters. The zero-order valence-corrected chi connectivity index (χ0v) is 13.5. The molecule has 1 aromatic rings. The summed E-state index contributed by atoms with van der Waals surface area (Å²) in [6, 6.07) is 7.34. The van der Waals surface area contributed by atoms with Crippen LogP contribution < -0.4 is 4.74 Å². The van der Waals surface area contributed by atoms with E-state index < -0.39 is 0 Å². The maximum absolute atomic E-state index is 5.82. The number of benzene rings is 1. The van der Waals surface area contributed by atoms with Gasteiger partial charge in [0, 0.05) is 32.2 Å². The van der Waals surface area contributed by atoms with Crippen molar-refractivity contribution >= 4 is 0 Å². The smallest absolute Gasteiger partial charge is 0.119 e. The van der Waals surface area contributed by atoms with Crippen molar-refractivity contribution in [1.29, 1.82) is 0 Å². The third-order valence-corrected chi connectivity index (χ3v) is 4.93. The number of hydrogen-bond donors (Lipinski definition) is 0. The lowest BCUT2D eigenvalue weighted by molar-refractivity contribution is 0.0993. The Bertz CT molecular complexity index is 466. The number of piperazine rings is 1. The summed E-state index contributed by atoms with van der Waals surface area (Å²) in [5.74, 6) is 1.05. The van der Waals surface area contributed by atoms with E-state index in [0.717, 1.165) is 18.8 Å². The van der Waals surface area contributed by atoms with Crippen LogP contribution in [0.2, 0.25) is 0 Å². The predicted molar refractivity (Wildman–Crippen MR) is 87.0 cm³/mol. The van der Waals surface area contributed by atoms with Crippen LogP contribution in [-0.2, 0) is 6.42 Å². The third kappa shape index (κ3) is 3.24. The highest BCUT2D eigenvalue weighted by molar-refractivity contribution is 5.41. The quantitative estimate of drug-likeness (QED) is 0.828. The normalized spacial score (nSPS) is 23.2. The molecule has 3 rings (SSSR count). The summed E-state index contributed by atoms with van der Waals surface area (Å²) in [5, 5.41) is 0. The Morgan fingerprint density at radius 1 is 1.14 bits per heavy atom. The van der Waals surface area contributed by atoms with Crippen LogP contribution in [-0.4, -0.2) is 49.1 Å². The van der Waals surface area contributed by atoms with Crippen molar-refractivity contribution in [1.82, 2.24) is 9.80 Å². The topological polar surface area (TPSA) is 15.7 Å². The molecule has 1 aromatic carbocycles. The minimum Gasteiger partial charge on any atom is -0.494 e. The average Bonchev–Trinajstić information content (AvgIpc) is 2.96. The van der Waals surface area contributed by atoms with E-state index in [1.807, 2.05) is 0 Å². The molecule has 1 saturated heterocycles. The third-order valence-electron chi connectivity index (χ3n) is 4.93. The number of aryl methyl sites for hydroxylation is 1. The van der Waals surface area contributed by atoms with Gasteiger partial charge in [0.25, 0.3) is 0 Å². The molecule has 0 aromatic heterocycles. The molecular formula is C18H28N2O. The van der Waals surface area contributed by atoms with Crippen LogP contribution in [0.4, 0.5) is 0 Å². The molecular weight excluding hydrogens is 260 g/mol. The van der Waals surface area contributed by atoms with Gasteiger partial charge in [-0.15, -0.1) is 0 Å². The van der Waals surface area contributed by atoms with E-state index >= 15 is 0 Å². The standard InChI is InChI=1S/C18H28N2O/c1-3-13-21-16-7-5-15-6-8-18(17(15)14-16)20-11-9-19(4-2)10-12-20/h5,7,14,18H,3-4,6,8-13H2,1-2H3. The summed E-state index contributed by atoms with van der Waals surface area (Å²) in [5.41, 5.74) is 3.05. The van der Waals surface area contributed by atoms with Crippen LogP contribution >= 0.6 is 0 Å². The van der Waals surface area contributed by atoms with Gasteiger partial charge in [-0.1, -0.05) is 19.9 Å². The molecule has 0 saturated carbocycles. The lowest BCUT2D eigenvalue weighted by atomic mass is 10.1. The van der Waals surface area contributed by atoms with Gasteiger partial charge in [-0.25, -0.2) is 0 Å². The summed E-state index contributed by atoms with van der Waals surface area (Å²) in [6.07, 6.45) is 3.57. The SMILES string of the molecule is CCCOc1ccc2c(c1)C(N1CCN(CC)CC1)CC2. The van der Waals surface area contributed by atoms with Gasteiger partial charge in [0.1, 0.15) is 5.75 Å². The molecule has 1 aliphatic heterocycles. The largest absolute Gasteiger partial charge is 0.494 e. The summed E-state index contributed by atoms with van der Waals surface area (Å²) in [7, 11) is 0. The van der Waals surface area contributed by atoms with Crippen LogP contribution in [0.5, 0.6) is 5.75 Å². The highest BCUT2D eigenvalue weighted by atomic mass is 16.5. The summed E-state index contributed by atoms with van der Waals surface area (Å²) in [6.45, 7) is 11.3. The molecule has 0 bridgehead atoms. The second kappa shape index (κ2) is 6.80. The van der Waals surface area contributed by atoms with E-state index in [1.165, 1.54) is 56.7 Å². The fourth-order valence-corrected chi connectivity index (χ4v) is 3.64. The number of likely N-dealkylation sites (N-methyl/N-ethyl adjacent to an activating group) is 1. The van der Waals surface area contributed by atoms with E-state index in [9.17, 15) is 0 Å². The van der Waals surface area contributed by atoms with Gasteiger partial charge in [-0.05, 0) is 49.1 Å². The Labute approximate surface area is 128 Å². The Hall–Kier alpha value is -1.06. The van der Waals surface area contributed by atoms with Crippen molar-refractivity contribution in [2.24, 2.45) is 0 Å². The number of nitrogens with zero attached hydrogens (tertiary/aromatic N) is 2. The van der Waals surface area contributed by atoms with Gasteiger partial charge in [-0.2, -0.15) is 0 Å². The van der Waals surface area contributed by atoms with Crippen LogP contribution in [0.1, 0.15) is 43.9 Å². The van der Waals surface area contributed by atoms with Gasteiger partial charge in [0.2, 0.25) is 0 Å². The molecule has 1 aliphatic carbocycles. The van der Waals surface area contributed by atoms with Crippen molar-refractivity contribution in [2.45, 2.75) is 39.2 Å². The molecule has 21 heavy (non-hydrogen) atoms. The molecule has 1 fully saturated rings. The average molecular weight is 288 g/mol. The van der Waals surface area contributed by atoms with E-state index in [4.69, 9.17) is 4.74 Å². The van der Waals surface area contributed by atoms with Gasteiger partial charge in [-0.3, -0.25) is 4.90 Å². The molecule has 0 amide bonds. The first-order chi connectivity index (χ1) is 10.3. The fraction of sp³-hybridized carbons (Fsp3) is 0.667. The Kier molecular flexibility index (Phi) is 4.81. The molecule has 0 radical (unpaired) electrons. The minimum atomic E-state index is 0.615. The minimum absolute atomic E-state index is 0.615. The molecule has 3 nitrogen and oxygen atoms in total. The first-order valence-corrected chi connectivity index (χ1v) is 8.53. The van der Waals surface area contributed by atoms with Crippen molar-refractivity contribution in [3.05, 3.63) is 29.3 Å². The second-order valence-corrected chi connectivity index (χ2v) is 6.23. The number of rotatable bonds is 5. The van der Waals surface area contributed by atoms with Crippen LogP contribution in [0.3, 0.4) is 0 Å². The van der Waals surface area contributed by atoms with Crippen molar-refractivity contribution in [2.75, 3.05) is 39.3 Å². The predicted octanol–water partition coefficient (Wildman–Crippen LogP) is 3.10. The molecule has 0 spiro atoms. The first kappa shape index (κ1) is 14.9. The van der Waals surface area contributed by atoms with Gasteiger partial charge < -0.3 is 9.64 Å². The molecule has 0 N–H and O–H groups in total. The number of ether oxygens (including phenoxy) is 1. The van der Waals surface area contributed by atoms with Crippen molar-refractivity contribution < 1.29 is 4.74 Å². The van der Waals surface area contributed by atoms with E-state index in [1.54, 1.807) is 0 Å². The lowest BCUT2D eigenvalue weighted by Gasteiger charge is -2.38. The Balaban J connectivity index is 1.70. The molecule has 2 aliphatic rings. The van der Waals surface area contributed by atoms with Gasteiger partial charge in [0.15, 0.2) is 0 Å². The molecule has 1 atom stereocenters. The fourth-order valence-electron chi connectivity index (χ4n) is 3.64. The van der Waals surface area contributed by atoms with Crippen molar-refractivity contribution in [3.63, 3.8) is 0 Å². The maximum Gasteiger partial charge on any atom is 0.119 e. The Morgan fingerprint density at radius 3 is 2.67 bits per heavy atom. The van der Waals surface area contributed by atoms with Crippen LogP contribution in [0, 0.1) is 0 Å².